The number of hydrogen-bond donors (Lipinski definition) is 2. The first-order chi connectivity index (χ1) is 13.5. The predicted molar refractivity (Wildman–Crippen MR) is 100 cm³/mol. The van der Waals surface area contributed by atoms with Gasteiger partial charge in [0.05, 0.1) is 23.3 Å². The first-order valence-corrected chi connectivity index (χ1v) is 9.78. The molecular weight excluding hydrogens is 358 g/mol. The molecule has 2 atom stereocenters. The van der Waals surface area contributed by atoms with Crippen LogP contribution in [-0.2, 0) is 11.2 Å². The van der Waals surface area contributed by atoms with E-state index in [1.807, 2.05) is 31.2 Å². The van der Waals surface area contributed by atoms with Crippen molar-refractivity contribution in [1.29, 1.82) is 0 Å². The lowest BCUT2D eigenvalue weighted by molar-refractivity contribution is -0.150. The van der Waals surface area contributed by atoms with E-state index in [0.29, 0.717) is 31.1 Å². The summed E-state index contributed by atoms with van der Waals surface area (Å²) in [5, 5.41) is 17.5. The fourth-order valence-corrected chi connectivity index (χ4v) is 4.71. The van der Waals surface area contributed by atoms with Gasteiger partial charge in [0.2, 0.25) is 0 Å². The number of H-pyrrole nitrogens is 1. The van der Waals surface area contributed by atoms with Crippen molar-refractivity contribution in [1.82, 2.24) is 15.1 Å². The molecule has 0 unspecified atom stereocenters. The largest absolute Gasteiger partial charge is 0.493 e. The Bertz CT molecular complexity index is 964. The summed E-state index contributed by atoms with van der Waals surface area (Å²) in [5.74, 6) is -0.134. The van der Waals surface area contributed by atoms with Gasteiger partial charge in [0.1, 0.15) is 5.75 Å². The third kappa shape index (κ3) is 2.52. The highest BCUT2D eigenvalue weighted by atomic mass is 16.5. The summed E-state index contributed by atoms with van der Waals surface area (Å²) in [6.45, 7) is 2.73. The van der Waals surface area contributed by atoms with Gasteiger partial charge in [0.15, 0.2) is 0 Å². The van der Waals surface area contributed by atoms with Crippen LogP contribution in [0.3, 0.4) is 0 Å². The highest BCUT2D eigenvalue weighted by Crippen LogP contribution is 2.46. The van der Waals surface area contributed by atoms with Crippen molar-refractivity contribution >= 4 is 11.9 Å². The molecule has 28 heavy (non-hydrogen) atoms. The molecule has 2 fully saturated rings. The van der Waals surface area contributed by atoms with Gasteiger partial charge in [-0.25, -0.2) is 0 Å². The van der Waals surface area contributed by atoms with Crippen LogP contribution in [0.2, 0.25) is 0 Å². The zero-order valence-electron chi connectivity index (χ0n) is 15.8. The van der Waals surface area contributed by atoms with Crippen LogP contribution < -0.4 is 4.74 Å². The minimum absolute atomic E-state index is 0.116. The Hall–Kier alpha value is -2.83. The number of carbonyl (C=O) groups excluding carboxylic acids is 1. The number of likely N-dealkylation sites (tertiary alicyclic amines) is 1. The van der Waals surface area contributed by atoms with Crippen molar-refractivity contribution in [2.24, 2.45) is 11.3 Å². The standard InChI is InChI=1S/C21H23N3O4/c1-12-17(18(23-22-12)13-6-7-13)19(25)24-9-15-10-28-16-5-3-2-4-14(16)8-21(15,11-24)20(26)27/h2-5,13,15H,6-11H2,1H3,(H,22,23)(H,26,27)/t15-,21+/m0/s1. The van der Waals surface area contributed by atoms with Crippen molar-refractivity contribution in [2.45, 2.75) is 32.1 Å². The number of aliphatic carboxylic acids is 1. The third-order valence-corrected chi connectivity index (χ3v) is 6.48. The number of aromatic nitrogens is 2. The first-order valence-electron chi connectivity index (χ1n) is 9.78. The number of nitrogens with zero attached hydrogens (tertiary/aromatic N) is 2. The van der Waals surface area contributed by atoms with Crippen LogP contribution in [0.4, 0.5) is 0 Å². The summed E-state index contributed by atoms with van der Waals surface area (Å²) in [6.07, 6.45) is 2.47. The Morgan fingerprint density at radius 2 is 2.11 bits per heavy atom. The lowest BCUT2D eigenvalue weighted by Gasteiger charge is -2.27. The minimum Gasteiger partial charge on any atom is -0.493 e. The number of rotatable bonds is 3. The molecule has 1 aliphatic carbocycles. The number of amides is 1. The van der Waals surface area contributed by atoms with Crippen molar-refractivity contribution in [3.63, 3.8) is 0 Å². The average molecular weight is 381 g/mol. The molecule has 1 aromatic carbocycles. The topological polar surface area (TPSA) is 95.5 Å². The van der Waals surface area contributed by atoms with Gasteiger partial charge in [-0.1, -0.05) is 18.2 Å². The number of ether oxygens (including phenoxy) is 1. The second kappa shape index (κ2) is 6.09. The minimum atomic E-state index is -1.03. The molecule has 1 amide bonds. The zero-order valence-corrected chi connectivity index (χ0v) is 15.8. The lowest BCUT2D eigenvalue weighted by atomic mass is 9.74. The van der Waals surface area contributed by atoms with E-state index >= 15 is 0 Å². The van der Waals surface area contributed by atoms with Crippen LogP contribution in [0, 0.1) is 18.3 Å². The maximum Gasteiger partial charge on any atom is 0.312 e. The fraction of sp³-hybridized carbons (Fsp3) is 0.476. The average Bonchev–Trinajstić information content (AvgIpc) is 3.39. The maximum absolute atomic E-state index is 13.4. The molecule has 3 heterocycles. The zero-order chi connectivity index (χ0) is 19.5. The number of carboxylic acids is 1. The van der Waals surface area contributed by atoms with E-state index < -0.39 is 11.4 Å². The number of nitrogens with one attached hydrogen (secondary N) is 1. The number of hydrogen-bond acceptors (Lipinski definition) is 4. The Morgan fingerprint density at radius 3 is 2.86 bits per heavy atom. The van der Waals surface area contributed by atoms with E-state index in [-0.39, 0.29) is 18.4 Å². The van der Waals surface area contributed by atoms with Crippen molar-refractivity contribution < 1.29 is 19.4 Å². The molecule has 7 heteroatoms. The van der Waals surface area contributed by atoms with Crippen molar-refractivity contribution in [3.05, 3.63) is 46.8 Å². The lowest BCUT2D eigenvalue weighted by Crippen LogP contribution is -2.42. The number of aryl methyl sites for hydroxylation is 1. The van der Waals surface area contributed by atoms with Crippen LogP contribution >= 0.6 is 0 Å². The maximum atomic E-state index is 13.4. The van der Waals surface area contributed by atoms with Crippen LogP contribution in [0.5, 0.6) is 5.75 Å². The highest BCUT2D eigenvalue weighted by molar-refractivity contribution is 5.97. The SMILES string of the molecule is Cc1[nH]nc(C2CC2)c1C(=O)N1C[C@H]2COc3ccccc3C[C@@]2(C(=O)O)C1. The fourth-order valence-electron chi connectivity index (χ4n) is 4.71. The third-order valence-electron chi connectivity index (χ3n) is 6.48. The van der Waals surface area contributed by atoms with Gasteiger partial charge in [-0.05, 0) is 37.8 Å². The Labute approximate surface area is 162 Å². The van der Waals surface area contributed by atoms with Gasteiger partial charge in [-0.2, -0.15) is 5.10 Å². The van der Waals surface area contributed by atoms with Crippen LogP contribution in [0.25, 0.3) is 0 Å². The number of carbonyl (C=O) groups is 2. The second-order valence-corrected chi connectivity index (χ2v) is 8.32. The van der Waals surface area contributed by atoms with Crippen LogP contribution in [-0.4, -0.2) is 51.8 Å². The first kappa shape index (κ1) is 17.3. The van der Waals surface area contributed by atoms with E-state index in [4.69, 9.17) is 4.74 Å². The second-order valence-electron chi connectivity index (χ2n) is 8.32. The van der Waals surface area contributed by atoms with E-state index in [1.54, 1.807) is 4.90 Å². The molecule has 0 spiro atoms. The quantitative estimate of drug-likeness (QED) is 0.851. The monoisotopic (exact) mass is 381 g/mol. The van der Waals surface area contributed by atoms with Gasteiger partial charge in [-0.3, -0.25) is 14.7 Å². The van der Waals surface area contributed by atoms with E-state index in [9.17, 15) is 14.7 Å². The molecule has 146 valence electrons. The Balaban J connectivity index is 1.48. The summed E-state index contributed by atoms with van der Waals surface area (Å²) in [7, 11) is 0. The molecule has 1 saturated heterocycles. The van der Waals surface area contributed by atoms with E-state index in [0.717, 1.165) is 35.5 Å². The molecule has 2 aliphatic heterocycles. The van der Waals surface area contributed by atoms with Gasteiger partial charge >= 0.3 is 5.97 Å². The van der Waals surface area contributed by atoms with Gasteiger partial charge < -0.3 is 14.7 Å². The summed E-state index contributed by atoms with van der Waals surface area (Å²) in [4.78, 5) is 27.5. The predicted octanol–water partition coefficient (Wildman–Crippen LogP) is 2.37. The Kier molecular flexibility index (Phi) is 3.76. The molecule has 0 radical (unpaired) electrons. The molecule has 5 rings (SSSR count). The van der Waals surface area contributed by atoms with Gasteiger partial charge in [0.25, 0.3) is 5.91 Å². The molecule has 2 N–H and O–H groups in total. The van der Waals surface area contributed by atoms with Crippen LogP contribution in [0.1, 0.15) is 46.1 Å². The van der Waals surface area contributed by atoms with Gasteiger partial charge in [-0.15, -0.1) is 0 Å². The van der Waals surface area contributed by atoms with Gasteiger partial charge in [0, 0.05) is 30.6 Å². The number of aromatic amines is 1. The molecule has 1 aromatic heterocycles. The Morgan fingerprint density at radius 1 is 1.32 bits per heavy atom. The summed E-state index contributed by atoms with van der Waals surface area (Å²) >= 11 is 0. The molecule has 2 aromatic rings. The molecule has 0 bridgehead atoms. The molecule has 7 nitrogen and oxygen atoms in total. The van der Waals surface area contributed by atoms with Crippen molar-refractivity contribution in [2.75, 3.05) is 19.7 Å². The van der Waals surface area contributed by atoms with Crippen molar-refractivity contribution in [3.8, 4) is 5.75 Å². The van der Waals surface area contributed by atoms with E-state index in [1.165, 1.54) is 0 Å². The summed E-state index contributed by atoms with van der Waals surface area (Å²) < 4.78 is 5.93. The molecule has 3 aliphatic rings. The number of carboxylic acid groups (broad SMARTS) is 1. The smallest absolute Gasteiger partial charge is 0.312 e. The number of benzene rings is 1. The summed E-state index contributed by atoms with van der Waals surface area (Å²) in [5.41, 5.74) is 2.07. The number of para-hydroxylation sites is 1. The summed E-state index contributed by atoms with van der Waals surface area (Å²) in [6, 6.07) is 7.58. The van der Waals surface area contributed by atoms with E-state index in [2.05, 4.69) is 10.2 Å². The molecule has 1 saturated carbocycles. The number of fused-ring (bicyclic) bond motifs is 2. The highest BCUT2D eigenvalue weighted by Gasteiger charge is 2.55. The normalized spacial score (nSPS) is 26.2. The molecular formula is C21H23N3O4. The van der Waals surface area contributed by atoms with Crippen LogP contribution in [0.15, 0.2) is 24.3 Å².